The minimum atomic E-state index is -4.64. The van der Waals surface area contributed by atoms with E-state index in [-0.39, 0.29) is 12.5 Å². The molecule has 0 heterocycles. The maximum atomic E-state index is 12.0. The number of likely N-dealkylation sites (N-methyl/N-ethyl adjacent to an activating group) is 1. The number of rotatable bonds is 6. The van der Waals surface area contributed by atoms with Crippen LogP contribution in [-0.4, -0.2) is 54.9 Å². The largest absolute Gasteiger partial charge is 0.415 e. The Kier molecular flexibility index (Phi) is 4.76. The predicted molar refractivity (Wildman–Crippen MR) is 55.3 cm³/mol. The third-order valence-electron chi connectivity index (χ3n) is 2.56. The van der Waals surface area contributed by atoms with Gasteiger partial charge in [0.2, 0.25) is 5.91 Å². The fourth-order valence-electron chi connectivity index (χ4n) is 1.34. The number of halogens is 3. The van der Waals surface area contributed by atoms with Crippen molar-refractivity contribution in [1.82, 2.24) is 10.2 Å². The van der Waals surface area contributed by atoms with Crippen LogP contribution in [0.2, 0.25) is 0 Å². The molecule has 0 saturated heterocycles. The minimum Gasteiger partial charge on any atom is -0.382 e. The molecule has 0 aromatic heterocycles. The zero-order valence-electron chi connectivity index (χ0n) is 9.63. The van der Waals surface area contributed by atoms with Crippen molar-refractivity contribution < 1.29 is 23.1 Å². The fraction of sp³-hybridized carbons (Fsp3) is 0.900. The predicted octanol–water partition coefficient (Wildman–Crippen LogP) is 0.368. The van der Waals surface area contributed by atoms with Crippen molar-refractivity contribution in [3.8, 4) is 0 Å². The molecule has 1 atom stereocenters. The fourth-order valence-corrected chi connectivity index (χ4v) is 1.34. The Morgan fingerprint density at radius 3 is 2.59 bits per heavy atom. The molecule has 100 valence electrons. The van der Waals surface area contributed by atoms with Crippen LogP contribution in [0.3, 0.4) is 0 Å². The molecular formula is C10H17F3N2O2. The van der Waals surface area contributed by atoms with E-state index < -0.39 is 18.8 Å². The minimum absolute atomic E-state index is 0.139. The van der Waals surface area contributed by atoms with Gasteiger partial charge in [-0.15, -0.1) is 0 Å². The number of nitrogens with one attached hydrogen (secondary N) is 1. The Balaban J connectivity index is 2.18. The lowest BCUT2D eigenvalue weighted by Crippen LogP contribution is -2.43. The number of alkyl halides is 3. The first-order valence-electron chi connectivity index (χ1n) is 5.49. The summed E-state index contributed by atoms with van der Waals surface area (Å²) in [6, 6.07) is 0. The van der Waals surface area contributed by atoms with Crippen LogP contribution in [0.15, 0.2) is 0 Å². The first kappa shape index (κ1) is 14.2. The molecule has 0 radical (unpaired) electrons. The molecule has 1 aliphatic carbocycles. The first-order valence-corrected chi connectivity index (χ1v) is 5.49. The van der Waals surface area contributed by atoms with Crippen LogP contribution < -0.4 is 5.32 Å². The van der Waals surface area contributed by atoms with Gasteiger partial charge < -0.3 is 10.4 Å². The van der Waals surface area contributed by atoms with Crippen molar-refractivity contribution in [2.24, 2.45) is 5.92 Å². The number of hydrogen-bond donors (Lipinski definition) is 2. The molecule has 7 heteroatoms. The van der Waals surface area contributed by atoms with Gasteiger partial charge in [0, 0.05) is 13.1 Å². The zero-order chi connectivity index (χ0) is 13.1. The number of aliphatic hydroxyl groups excluding tert-OH is 1. The topological polar surface area (TPSA) is 52.6 Å². The normalized spacial score (nSPS) is 18.2. The van der Waals surface area contributed by atoms with E-state index in [1.165, 1.54) is 7.05 Å². The average Bonchev–Trinajstić information content (AvgIpc) is 2.96. The lowest BCUT2D eigenvalue weighted by atomic mass is 10.3. The second-order valence-electron chi connectivity index (χ2n) is 4.50. The van der Waals surface area contributed by atoms with Crippen molar-refractivity contribution in [2.45, 2.75) is 25.1 Å². The van der Waals surface area contributed by atoms with E-state index in [1.807, 2.05) is 0 Å². The zero-order valence-corrected chi connectivity index (χ0v) is 9.63. The van der Waals surface area contributed by atoms with Gasteiger partial charge in [0.1, 0.15) is 0 Å². The maximum absolute atomic E-state index is 12.0. The summed E-state index contributed by atoms with van der Waals surface area (Å²) in [5, 5.41) is 11.4. The molecule has 1 saturated carbocycles. The molecule has 0 bridgehead atoms. The number of aliphatic hydroxyl groups is 1. The van der Waals surface area contributed by atoms with Gasteiger partial charge in [-0.05, 0) is 25.8 Å². The molecule has 0 aromatic carbocycles. The van der Waals surface area contributed by atoms with Gasteiger partial charge in [0.25, 0.3) is 0 Å². The lowest BCUT2D eigenvalue weighted by Gasteiger charge is -2.21. The third-order valence-corrected chi connectivity index (χ3v) is 2.56. The summed E-state index contributed by atoms with van der Waals surface area (Å²) in [6.45, 7) is -0.144. The monoisotopic (exact) mass is 254 g/mol. The van der Waals surface area contributed by atoms with Crippen LogP contribution >= 0.6 is 0 Å². The Labute approximate surface area is 97.8 Å². The van der Waals surface area contributed by atoms with Crippen LogP contribution in [0, 0.1) is 5.92 Å². The molecule has 0 aliphatic heterocycles. The molecule has 4 nitrogen and oxygen atoms in total. The van der Waals surface area contributed by atoms with E-state index in [4.69, 9.17) is 5.11 Å². The van der Waals surface area contributed by atoms with Crippen molar-refractivity contribution in [3.63, 3.8) is 0 Å². The molecule has 1 fully saturated rings. The summed E-state index contributed by atoms with van der Waals surface area (Å²) in [4.78, 5) is 12.5. The van der Waals surface area contributed by atoms with Crippen LogP contribution in [-0.2, 0) is 4.79 Å². The number of hydrogen-bond acceptors (Lipinski definition) is 3. The van der Waals surface area contributed by atoms with Crippen LogP contribution in [0.1, 0.15) is 12.8 Å². The number of carbonyl (C=O) groups is 1. The summed E-state index contributed by atoms with van der Waals surface area (Å²) in [5.74, 6) is 0.221. The van der Waals surface area contributed by atoms with Gasteiger partial charge in [-0.3, -0.25) is 9.69 Å². The van der Waals surface area contributed by atoms with E-state index in [0.29, 0.717) is 12.5 Å². The highest BCUT2D eigenvalue weighted by Gasteiger charge is 2.38. The smallest absolute Gasteiger partial charge is 0.382 e. The van der Waals surface area contributed by atoms with Gasteiger partial charge in [0.15, 0.2) is 6.10 Å². The third kappa shape index (κ3) is 5.88. The van der Waals surface area contributed by atoms with E-state index >= 15 is 0 Å². The Hall–Kier alpha value is -0.820. The Morgan fingerprint density at radius 1 is 1.53 bits per heavy atom. The highest BCUT2D eigenvalue weighted by atomic mass is 19.4. The molecule has 0 spiro atoms. The highest BCUT2D eigenvalue weighted by Crippen LogP contribution is 2.27. The van der Waals surface area contributed by atoms with Crippen LogP contribution in [0.4, 0.5) is 13.2 Å². The van der Waals surface area contributed by atoms with Gasteiger partial charge in [-0.2, -0.15) is 13.2 Å². The van der Waals surface area contributed by atoms with Gasteiger partial charge >= 0.3 is 6.18 Å². The van der Waals surface area contributed by atoms with Crippen molar-refractivity contribution in [1.29, 1.82) is 0 Å². The molecule has 17 heavy (non-hydrogen) atoms. The second-order valence-corrected chi connectivity index (χ2v) is 4.50. The van der Waals surface area contributed by atoms with Gasteiger partial charge in [-0.1, -0.05) is 0 Å². The van der Waals surface area contributed by atoms with Crippen molar-refractivity contribution >= 4 is 5.91 Å². The molecule has 1 unspecified atom stereocenters. The van der Waals surface area contributed by atoms with E-state index in [0.717, 1.165) is 17.7 Å². The average molecular weight is 254 g/mol. The van der Waals surface area contributed by atoms with E-state index in [2.05, 4.69) is 5.32 Å². The van der Waals surface area contributed by atoms with E-state index in [9.17, 15) is 18.0 Å². The molecule has 1 rings (SSSR count). The van der Waals surface area contributed by atoms with Crippen LogP contribution in [0.5, 0.6) is 0 Å². The standard InChI is InChI=1S/C10H17F3N2O2/c1-15(5-8(16)10(11,12)13)6-9(17)14-4-7-2-3-7/h7-8,16H,2-6H2,1H3,(H,14,17). The van der Waals surface area contributed by atoms with Crippen LogP contribution in [0.25, 0.3) is 0 Å². The summed E-state index contributed by atoms with van der Waals surface area (Å²) in [5.41, 5.74) is 0. The second kappa shape index (κ2) is 5.68. The Morgan fingerprint density at radius 2 is 2.12 bits per heavy atom. The number of carbonyl (C=O) groups excluding carboxylic acids is 1. The summed E-state index contributed by atoms with van der Waals surface area (Å²) in [6.07, 6.45) is -4.85. The molecular weight excluding hydrogens is 237 g/mol. The van der Waals surface area contributed by atoms with Crippen molar-refractivity contribution in [2.75, 3.05) is 26.7 Å². The SMILES string of the molecule is CN(CC(=O)NCC1CC1)CC(O)C(F)(F)F. The quantitative estimate of drug-likeness (QED) is 0.720. The molecule has 0 aromatic rings. The molecule has 2 N–H and O–H groups in total. The Bertz CT molecular complexity index is 267. The summed E-state index contributed by atoms with van der Waals surface area (Å²) in [7, 11) is 1.37. The summed E-state index contributed by atoms with van der Waals surface area (Å²) < 4.78 is 36.1. The first-order chi connectivity index (χ1) is 7.79. The van der Waals surface area contributed by atoms with Gasteiger partial charge in [-0.25, -0.2) is 0 Å². The number of amides is 1. The lowest BCUT2D eigenvalue weighted by molar-refractivity contribution is -0.207. The molecule has 1 aliphatic rings. The number of nitrogens with zero attached hydrogens (tertiary/aromatic N) is 1. The van der Waals surface area contributed by atoms with E-state index in [1.54, 1.807) is 0 Å². The molecule has 1 amide bonds. The maximum Gasteiger partial charge on any atom is 0.415 e. The highest BCUT2D eigenvalue weighted by molar-refractivity contribution is 5.77. The van der Waals surface area contributed by atoms with Crippen molar-refractivity contribution in [3.05, 3.63) is 0 Å². The van der Waals surface area contributed by atoms with Gasteiger partial charge in [0.05, 0.1) is 6.54 Å². The summed E-state index contributed by atoms with van der Waals surface area (Å²) >= 11 is 0.